The minimum absolute atomic E-state index is 0.346. The largest absolute Gasteiger partial charge is 0.467 e. The van der Waals surface area contributed by atoms with E-state index in [1.807, 2.05) is 0 Å². The Balaban J connectivity index is 1.49. The lowest BCUT2D eigenvalue weighted by Gasteiger charge is -2.21. The van der Waals surface area contributed by atoms with E-state index in [1.54, 1.807) is 36.4 Å². The van der Waals surface area contributed by atoms with Crippen molar-refractivity contribution in [2.24, 2.45) is 5.10 Å². The standard InChI is InChI=1S/C23H20ClFN4O5/c24-15-7-5-14(6-8-15)17-11-18(19-3-1-9-33-19)29(26-17)20(30)13-28-22(31)16(25)12-27(23(28)32)21-4-2-10-34-21/h1,3,5-9,12,18,21H,2,4,10-11,13H2/t18-,21-/m1/s1. The molecule has 2 aliphatic rings. The lowest BCUT2D eigenvalue weighted by atomic mass is 10.0. The van der Waals surface area contributed by atoms with Crippen molar-refractivity contribution in [3.05, 3.63) is 91.9 Å². The molecule has 176 valence electrons. The Hall–Kier alpha value is -3.50. The molecule has 2 aliphatic heterocycles. The molecule has 0 radical (unpaired) electrons. The van der Waals surface area contributed by atoms with E-state index >= 15 is 0 Å². The number of hydrogen-bond donors (Lipinski definition) is 0. The van der Waals surface area contributed by atoms with Crippen molar-refractivity contribution in [3.63, 3.8) is 0 Å². The molecular formula is C23H20ClFN4O5. The van der Waals surface area contributed by atoms with Gasteiger partial charge in [0.15, 0.2) is 0 Å². The molecule has 34 heavy (non-hydrogen) atoms. The number of hydrogen-bond acceptors (Lipinski definition) is 6. The molecule has 0 unspecified atom stereocenters. The van der Waals surface area contributed by atoms with Crippen LogP contribution in [0.25, 0.3) is 0 Å². The molecule has 11 heteroatoms. The quantitative estimate of drug-likeness (QED) is 0.552. The highest BCUT2D eigenvalue weighted by molar-refractivity contribution is 6.30. The highest BCUT2D eigenvalue weighted by Gasteiger charge is 2.35. The molecule has 2 atom stereocenters. The number of hydrazone groups is 1. The van der Waals surface area contributed by atoms with Crippen LogP contribution in [-0.4, -0.2) is 32.4 Å². The fourth-order valence-electron chi connectivity index (χ4n) is 4.18. The van der Waals surface area contributed by atoms with Gasteiger partial charge in [-0.25, -0.2) is 14.4 Å². The van der Waals surface area contributed by atoms with Crippen LogP contribution in [-0.2, 0) is 16.1 Å². The molecule has 2 aromatic heterocycles. The van der Waals surface area contributed by atoms with Gasteiger partial charge in [0.2, 0.25) is 5.82 Å². The van der Waals surface area contributed by atoms with Gasteiger partial charge in [0, 0.05) is 18.1 Å². The summed E-state index contributed by atoms with van der Waals surface area (Å²) in [7, 11) is 0. The topological polar surface area (TPSA) is 99.0 Å². The van der Waals surface area contributed by atoms with Crippen molar-refractivity contribution >= 4 is 23.2 Å². The average Bonchev–Trinajstić information content (AvgIpc) is 3.60. The van der Waals surface area contributed by atoms with Crippen LogP contribution >= 0.6 is 11.6 Å². The van der Waals surface area contributed by atoms with Gasteiger partial charge >= 0.3 is 5.69 Å². The van der Waals surface area contributed by atoms with E-state index in [2.05, 4.69) is 5.10 Å². The molecule has 0 spiro atoms. The maximum atomic E-state index is 14.4. The summed E-state index contributed by atoms with van der Waals surface area (Å²) in [4.78, 5) is 38.7. The van der Waals surface area contributed by atoms with Crippen LogP contribution in [0.15, 0.2) is 68.0 Å². The Kier molecular flexibility index (Phi) is 5.93. The van der Waals surface area contributed by atoms with Crippen molar-refractivity contribution in [1.29, 1.82) is 0 Å². The molecule has 1 fully saturated rings. The van der Waals surface area contributed by atoms with Crippen molar-refractivity contribution in [2.75, 3.05) is 6.61 Å². The molecule has 0 saturated carbocycles. The number of furan rings is 1. The first kappa shape index (κ1) is 22.3. The number of halogens is 2. The summed E-state index contributed by atoms with van der Waals surface area (Å²) in [5.74, 6) is -1.31. The number of amides is 1. The van der Waals surface area contributed by atoms with Crippen molar-refractivity contribution in [1.82, 2.24) is 14.1 Å². The van der Waals surface area contributed by atoms with E-state index in [0.29, 0.717) is 46.9 Å². The summed E-state index contributed by atoms with van der Waals surface area (Å²) in [6.45, 7) is -0.256. The summed E-state index contributed by atoms with van der Waals surface area (Å²) in [6.07, 6.45) is 3.19. The van der Waals surface area contributed by atoms with Gasteiger partial charge in [-0.1, -0.05) is 23.7 Å². The van der Waals surface area contributed by atoms with E-state index in [0.717, 1.165) is 16.3 Å². The fraction of sp³-hybridized carbons (Fsp3) is 0.304. The first-order valence-corrected chi connectivity index (χ1v) is 11.1. The molecule has 4 heterocycles. The Bertz CT molecular complexity index is 1360. The molecular weight excluding hydrogens is 467 g/mol. The maximum absolute atomic E-state index is 14.4. The first-order valence-electron chi connectivity index (χ1n) is 10.7. The molecule has 1 saturated heterocycles. The zero-order valence-corrected chi connectivity index (χ0v) is 18.7. The second-order valence-corrected chi connectivity index (χ2v) is 8.49. The highest BCUT2D eigenvalue weighted by atomic mass is 35.5. The third-order valence-corrected chi connectivity index (χ3v) is 6.13. The number of aromatic nitrogens is 2. The van der Waals surface area contributed by atoms with E-state index in [-0.39, 0.29) is 0 Å². The zero-order chi connectivity index (χ0) is 23.8. The van der Waals surface area contributed by atoms with Crippen LogP contribution in [0, 0.1) is 5.82 Å². The molecule has 0 bridgehead atoms. The summed E-state index contributed by atoms with van der Waals surface area (Å²) in [6, 6.07) is 9.81. The maximum Gasteiger partial charge on any atom is 0.333 e. The summed E-state index contributed by atoms with van der Waals surface area (Å²) >= 11 is 5.98. The van der Waals surface area contributed by atoms with Crippen LogP contribution in [0.4, 0.5) is 4.39 Å². The van der Waals surface area contributed by atoms with Gasteiger partial charge in [-0.05, 0) is 42.7 Å². The third kappa shape index (κ3) is 4.10. The molecule has 0 N–H and O–H groups in total. The smallest absolute Gasteiger partial charge is 0.333 e. The summed E-state index contributed by atoms with van der Waals surface area (Å²) in [5, 5.41) is 6.20. The van der Waals surface area contributed by atoms with Gasteiger partial charge in [0.1, 0.15) is 24.6 Å². The number of benzene rings is 1. The number of ether oxygens (including phenoxy) is 1. The Morgan fingerprint density at radius 3 is 2.68 bits per heavy atom. The van der Waals surface area contributed by atoms with E-state index in [4.69, 9.17) is 20.8 Å². The number of carbonyl (C=O) groups is 1. The Labute approximate surface area is 197 Å². The average molecular weight is 487 g/mol. The van der Waals surface area contributed by atoms with Crippen LogP contribution < -0.4 is 11.2 Å². The van der Waals surface area contributed by atoms with Crippen LogP contribution in [0.5, 0.6) is 0 Å². The summed E-state index contributed by atoms with van der Waals surface area (Å²) < 4.78 is 26.9. The predicted molar refractivity (Wildman–Crippen MR) is 120 cm³/mol. The molecule has 5 rings (SSSR count). The second-order valence-electron chi connectivity index (χ2n) is 8.05. The summed E-state index contributed by atoms with van der Waals surface area (Å²) in [5.41, 5.74) is -0.625. The predicted octanol–water partition coefficient (Wildman–Crippen LogP) is 3.08. The first-order chi connectivity index (χ1) is 16.4. The van der Waals surface area contributed by atoms with Crippen LogP contribution in [0.1, 0.15) is 42.9 Å². The van der Waals surface area contributed by atoms with Gasteiger partial charge < -0.3 is 9.15 Å². The molecule has 1 amide bonds. The van der Waals surface area contributed by atoms with Crippen LogP contribution in [0.2, 0.25) is 5.02 Å². The molecule has 9 nitrogen and oxygen atoms in total. The lowest BCUT2D eigenvalue weighted by molar-refractivity contribution is -0.134. The van der Waals surface area contributed by atoms with Gasteiger partial charge in [0.25, 0.3) is 11.5 Å². The monoisotopic (exact) mass is 486 g/mol. The van der Waals surface area contributed by atoms with Gasteiger partial charge in [-0.2, -0.15) is 9.49 Å². The normalized spacial score (nSPS) is 20.1. The van der Waals surface area contributed by atoms with Gasteiger partial charge in [0.05, 0.1) is 18.2 Å². The van der Waals surface area contributed by atoms with E-state index in [9.17, 15) is 18.8 Å². The van der Waals surface area contributed by atoms with E-state index < -0.39 is 41.8 Å². The number of nitrogens with zero attached hydrogens (tertiary/aromatic N) is 4. The molecule has 1 aromatic carbocycles. The molecule has 3 aromatic rings. The van der Waals surface area contributed by atoms with Gasteiger partial charge in [-0.15, -0.1) is 0 Å². The lowest BCUT2D eigenvalue weighted by Crippen LogP contribution is -2.45. The zero-order valence-electron chi connectivity index (χ0n) is 17.9. The minimum atomic E-state index is -1.18. The van der Waals surface area contributed by atoms with Crippen molar-refractivity contribution in [2.45, 2.75) is 38.1 Å². The Morgan fingerprint density at radius 2 is 2.00 bits per heavy atom. The van der Waals surface area contributed by atoms with E-state index in [1.165, 1.54) is 11.3 Å². The minimum Gasteiger partial charge on any atom is -0.467 e. The van der Waals surface area contributed by atoms with Crippen LogP contribution in [0.3, 0.4) is 0 Å². The SMILES string of the molecule is O=C(Cn1c(=O)c(F)cn([C@H]2CCCO2)c1=O)N1N=C(c2ccc(Cl)cc2)C[C@@H]1c1ccco1. The number of carbonyl (C=O) groups excluding carboxylic acids is 1. The highest BCUT2D eigenvalue weighted by Crippen LogP contribution is 2.33. The number of rotatable bonds is 5. The van der Waals surface area contributed by atoms with Crippen molar-refractivity contribution < 1.29 is 18.3 Å². The fourth-order valence-corrected chi connectivity index (χ4v) is 4.31. The molecule has 0 aliphatic carbocycles. The second kappa shape index (κ2) is 9.03. The Morgan fingerprint density at radius 1 is 1.21 bits per heavy atom. The van der Waals surface area contributed by atoms with Crippen molar-refractivity contribution in [3.8, 4) is 0 Å². The third-order valence-electron chi connectivity index (χ3n) is 5.88. The van der Waals surface area contributed by atoms with Gasteiger partial charge in [-0.3, -0.25) is 14.2 Å².